The number of hydrogen-bond donors (Lipinski definition) is 2. The molecule has 0 heterocycles. The number of hydrogen-bond acceptors (Lipinski definition) is 2. The number of anilines is 1. The van der Waals surface area contributed by atoms with E-state index in [1.165, 1.54) is 17.7 Å². The number of rotatable bonds is 5. The zero-order valence-corrected chi connectivity index (χ0v) is 11.8. The molecule has 0 aliphatic heterocycles. The van der Waals surface area contributed by atoms with E-state index in [2.05, 4.69) is 31.3 Å². The van der Waals surface area contributed by atoms with E-state index in [-0.39, 0.29) is 5.82 Å². The molecule has 0 radical (unpaired) electrons. The van der Waals surface area contributed by atoms with E-state index in [0.29, 0.717) is 18.0 Å². The van der Waals surface area contributed by atoms with Gasteiger partial charge in [0, 0.05) is 12.2 Å². The molecule has 106 valence electrons. The molecule has 2 N–H and O–H groups in total. The predicted molar refractivity (Wildman–Crippen MR) is 80.4 cm³/mol. The fraction of sp³-hybridized carbons (Fsp3) is 0.294. The maximum Gasteiger partial charge on any atom is 0.123 e. The lowest BCUT2D eigenvalue weighted by atomic mass is 10.0. The molecule has 2 nitrogen and oxygen atoms in total. The summed E-state index contributed by atoms with van der Waals surface area (Å²) < 4.78 is 13.1. The van der Waals surface area contributed by atoms with Crippen LogP contribution < -0.4 is 5.32 Å². The molecule has 0 saturated heterocycles. The van der Waals surface area contributed by atoms with Crippen molar-refractivity contribution in [2.24, 2.45) is 0 Å². The van der Waals surface area contributed by atoms with Crippen LogP contribution in [0.3, 0.4) is 0 Å². The topological polar surface area (TPSA) is 32.3 Å². The number of benzene rings is 2. The highest BCUT2D eigenvalue weighted by Crippen LogP contribution is 2.19. The van der Waals surface area contributed by atoms with Crippen molar-refractivity contribution in [3.63, 3.8) is 0 Å². The molecule has 20 heavy (non-hydrogen) atoms. The zero-order chi connectivity index (χ0) is 14.5. The maximum absolute atomic E-state index is 13.1. The average molecular weight is 273 g/mol. The first-order valence-corrected chi connectivity index (χ1v) is 6.83. The normalized spacial score (nSPS) is 12.4. The highest BCUT2D eigenvalue weighted by Gasteiger charge is 2.08. The second-order valence-electron chi connectivity index (χ2n) is 5.23. The highest BCUT2D eigenvalue weighted by atomic mass is 19.1. The lowest BCUT2D eigenvalue weighted by molar-refractivity contribution is 0.191. The molecular weight excluding hydrogens is 253 g/mol. The van der Waals surface area contributed by atoms with Crippen molar-refractivity contribution in [1.82, 2.24) is 0 Å². The molecule has 1 atom stereocenters. The second kappa shape index (κ2) is 6.53. The Kier molecular flexibility index (Phi) is 4.74. The molecule has 1 unspecified atom stereocenters. The Morgan fingerprint density at radius 3 is 2.35 bits per heavy atom. The van der Waals surface area contributed by atoms with Gasteiger partial charge in [0.05, 0.1) is 6.10 Å². The Bertz CT molecular complexity index is 551. The fourth-order valence-electron chi connectivity index (χ4n) is 2.03. The van der Waals surface area contributed by atoms with Crippen LogP contribution in [0.1, 0.15) is 37.0 Å². The molecule has 0 bridgehead atoms. The Labute approximate surface area is 119 Å². The van der Waals surface area contributed by atoms with Crippen molar-refractivity contribution in [2.75, 3.05) is 11.9 Å². The van der Waals surface area contributed by atoms with E-state index in [4.69, 9.17) is 0 Å². The summed E-state index contributed by atoms with van der Waals surface area (Å²) in [5.41, 5.74) is 2.81. The Hall–Kier alpha value is -1.87. The van der Waals surface area contributed by atoms with Gasteiger partial charge in [0.2, 0.25) is 0 Å². The second-order valence-corrected chi connectivity index (χ2v) is 5.23. The van der Waals surface area contributed by atoms with Crippen LogP contribution in [0.4, 0.5) is 10.1 Å². The molecule has 0 spiro atoms. The van der Waals surface area contributed by atoms with Crippen molar-refractivity contribution in [1.29, 1.82) is 0 Å². The van der Waals surface area contributed by atoms with Gasteiger partial charge in [-0.1, -0.05) is 38.1 Å². The monoisotopic (exact) mass is 273 g/mol. The van der Waals surface area contributed by atoms with Crippen LogP contribution in [-0.2, 0) is 0 Å². The summed E-state index contributed by atoms with van der Waals surface area (Å²) in [4.78, 5) is 0. The SMILES string of the molecule is CC(C)c1ccc(NCC(O)c2cccc(F)c2)cc1. The number of halogens is 1. The fourth-order valence-corrected chi connectivity index (χ4v) is 2.03. The van der Waals surface area contributed by atoms with Gasteiger partial charge in [-0.05, 0) is 41.3 Å². The quantitative estimate of drug-likeness (QED) is 0.859. The molecule has 0 aromatic heterocycles. The molecule has 2 rings (SSSR count). The first kappa shape index (κ1) is 14.5. The van der Waals surface area contributed by atoms with Gasteiger partial charge in [-0.25, -0.2) is 4.39 Å². The van der Waals surface area contributed by atoms with Crippen molar-refractivity contribution in [3.8, 4) is 0 Å². The van der Waals surface area contributed by atoms with Crippen molar-refractivity contribution in [2.45, 2.75) is 25.9 Å². The zero-order valence-electron chi connectivity index (χ0n) is 11.8. The first-order valence-electron chi connectivity index (χ1n) is 6.83. The third-order valence-corrected chi connectivity index (χ3v) is 3.31. The minimum absolute atomic E-state index is 0.331. The lowest BCUT2D eigenvalue weighted by Gasteiger charge is -2.14. The van der Waals surface area contributed by atoms with Crippen LogP contribution in [0.5, 0.6) is 0 Å². The summed E-state index contributed by atoms with van der Waals surface area (Å²) in [7, 11) is 0. The van der Waals surface area contributed by atoms with Gasteiger partial charge in [-0.2, -0.15) is 0 Å². The first-order chi connectivity index (χ1) is 9.56. The molecule has 0 saturated carbocycles. The number of nitrogens with one attached hydrogen (secondary N) is 1. The van der Waals surface area contributed by atoms with E-state index >= 15 is 0 Å². The van der Waals surface area contributed by atoms with E-state index in [0.717, 1.165) is 5.69 Å². The van der Waals surface area contributed by atoms with Gasteiger partial charge in [0.1, 0.15) is 5.82 Å². The third-order valence-electron chi connectivity index (χ3n) is 3.31. The van der Waals surface area contributed by atoms with E-state index in [9.17, 15) is 9.50 Å². The minimum Gasteiger partial charge on any atom is -0.387 e. The molecule has 2 aromatic carbocycles. The van der Waals surface area contributed by atoms with Gasteiger partial charge in [0.25, 0.3) is 0 Å². The summed E-state index contributed by atoms with van der Waals surface area (Å²) in [6.07, 6.45) is -0.726. The van der Waals surface area contributed by atoms with Gasteiger partial charge in [-0.15, -0.1) is 0 Å². The largest absolute Gasteiger partial charge is 0.387 e. The van der Waals surface area contributed by atoms with Gasteiger partial charge < -0.3 is 10.4 Å². The standard InChI is InChI=1S/C17H20FNO/c1-12(2)13-6-8-16(9-7-13)19-11-17(20)14-4-3-5-15(18)10-14/h3-10,12,17,19-20H,11H2,1-2H3. The summed E-state index contributed by atoms with van der Waals surface area (Å²) >= 11 is 0. The molecule has 3 heteroatoms. The van der Waals surface area contributed by atoms with Crippen molar-refractivity contribution < 1.29 is 9.50 Å². The summed E-state index contributed by atoms with van der Waals surface area (Å²) in [6.45, 7) is 4.65. The van der Waals surface area contributed by atoms with Gasteiger partial charge in [-0.3, -0.25) is 0 Å². The molecular formula is C17H20FNO. The molecule has 0 aliphatic rings. The lowest BCUT2D eigenvalue weighted by Crippen LogP contribution is -2.12. The Morgan fingerprint density at radius 1 is 1.05 bits per heavy atom. The van der Waals surface area contributed by atoms with E-state index in [1.807, 2.05) is 12.1 Å². The summed E-state index contributed by atoms with van der Waals surface area (Å²) in [6, 6.07) is 14.2. The van der Waals surface area contributed by atoms with Crippen molar-refractivity contribution >= 4 is 5.69 Å². The van der Waals surface area contributed by atoms with Crippen LogP contribution in [0.2, 0.25) is 0 Å². The minimum atomic E-state index is -0.726. The summed E-state index contributed by atoms with van der Waals surface area (Å²) in [5, 5.41) is 13.2. The maximum atomic E-state index is 13.1. The average Bonchev–Trinajstić information content (AvgIpc) is 2.45. The van der Waals surface area contributed by atoms with Crippen LogP contribution in [0.15, 0.2) is 48.5 Å². The highest BCUT2D eigenvalue weighted by molar-refractivity contribution is 5.45. The smallest absolute Gasteiger partial charge is 0.123 e. The van der Waals surface area contributed by atoms with E-state index < -0.39 is 6.10 Å². The Balaban J connectivity index is 1.94. The molecule has 0 aliphatic carbocycles. The Morgan fingerprint density at radius 2 is 1.75 bits per heavy atom. The number of aliphatic hydroxyl groups excluding tert-OH is 1. The van der Waals surface area contributed by atoms with Crippen molar-refractivity contribution in [3.05, 3.63) is 65.5 Å². The van der Waals surface area contributed by atoms with Crippen LogP contribution in [0.25, 0.3) is 0 Å². The van der Waals surface area contributed by atoms with E-state index in [1.54, 1.807) is 12.1 Å². The summed E-state index contributed by atoms with van der Waals surface area (Å²) in [5.74, 6) is 0.171. The van der Waals surface area contributed by atoms with Crippen LogP contribution in [-0.4, -0.2) is 11.7 Å². The predicted octanol–water partition coefficient (Wildman–Crippen LogP) is 4.09. The third kappa shape index (κ3) is 3.81. The number of aliphatic hydroxyl groups is 1. The van der Waals surface area contributed by atoms with Crippen LogP contribution >= 0.6 is 0 Å². The molecule has 2 aromatic rings. The van der Waals surface area contributed by atoms with Gasteiger partial charge >= 0.3 is 0 Å². The van der Waals surface area contributed by atoms with Crippen LogP contribution in [0, 0.1) is 5.82 Å². The molecule has 0 amide bonds. The van der Waals surface area contributed by atoms with Gasteiger partial charge in [0.15, 0.2) is 0 Å². The molecule has 0 fully saturated rings.